The molecule has 2 rings (SSSR count). The van der Waals surface area contributed by atoms with Gasteiger partial charge in [0, 0.05) is 11.8 Å². The summed E-state index contributed by atoms with van der Waals surface area (Å²) >= 11 is 11.1. The van der Waals surface area contributed by atoms with E-state index in [9.17, 15) is 0 Å². The maximum absolute atomic E-state index is 6.14. The third kappa shape index (κ3) is 2.97. The second kappa shape index (κ2) is 5.33. The van der Waals surface area contributed by atoms with Crippen LogP contribution < -0.4 is 11.1 Å². The molecule has 0 amide bonds. The minimum absolute atomic E-state index is 0.343. The van der Waals surface area contributed by atoms with Gasteiger partial charge in [0.1, 0.15) is 10.8 Å². The van der Waals surface area contributed by atoms with Crippen molar-refractivity contribution in [2.24, 2.45) is 5.73 Å². The molecule has 0 aliphatic carbocycles. The molecule has 0 saturated heterocycles. The van der Waals surface area contributed by atoms with E-state index >= 15 is 0 Å². The van der Waals surface area contributed by atoms with Crippen molar-refractivity contribution in [3.63, 3.8) is 0 Å². The fraction of sp³-hybridized carbons (Fsp3) is 0.0769. The molecule has 3 N–H and O–H groups in total. The first kappa shape index (κ1) is 12.8. The van der Waals surface area contributed by atoms with Crippen molar-refractivity contribution in [1.29, 1.82) is 0 Å². The van der Waals surface area contributed by atoms with Gasteiger partial charge in [0.05, 0.1) is 10.7 Å². The Morgan fingerprint density at radius 2 is 2.11 bits per heavy atom. The summed E-state index contributed by atoms with van der Waals surface area (Å²) in [4.78, 5) is 4.54. The third-order valence-electron chi connectivity index (χ3n) is 2.43. The number of hydrogen-bond acceptors (Lipinski definition) is 3. The number of nitrogens with two attached hydrogens (primary N) is 1. The molecular weight excluding hydrogens is 266 g/mol. The molecule has 0 radical (unpaired) electrons. The monoisotopic (exact) mass is 277 g/mol. The Balaban J connectivity index is 2.28. The molecule has 0 fully saturated rings. The molecule has 18 heavy (non-hydrogen) atoms. The molecule has 1 aromatic carbocycles. The van der Waals surface area contributed by atoms with Crippen molar-refractivity contribution in [1.82, 2.24) is 4.98 Å². The zero-order chi connectivity index (χ0) is 13.1. The molecule has 0 unspecified atom stereocenters. The van der Waals surface area contributed by atoms with Crippen LogP contribution in [-0.4, -0.2) is 9.97 Å². The van der Waals surface area contributed by atoms with Gasteiger partial charge in [0.15, 0.2) is 0 Å². The van der Waals surface area contributed by atoms with E-state index in [4.69, 9.17) is 29.6 Å². The number of rotatable bonds is 3. The van der Waals surface area contributed by atoms with Crippen molar-refractivity contribution in [3.05, 3.63) is 52.7 Å². The van der Waals surface area contributed by atoms with E-state index in [0.29, 0.717) is 15.8 Å². The number of halogens is 1. The second-order valence-electron chi connectivity index (χ2n) is 3.90. The lowest BCUT2D eigenvalue weighted by atomic mass is 10.2. The average molecular weight is 278 g/mol. The van der Waals surface area contributed by atoms with Gasteiger partial charge in [-0.3, -0.25) is 0 Å². The SMILES string of the molecule is Cc1ccc(Nc2cc(C(N)=S)ccn2)c(Cl)c1. The summed E-state index contributed by atoms with van der Waals surface area (Å²) in [5.74, 6) is 0.658. The normalized spacial score (nSPS) is 10.1. The first-order valence-corrected chi connectivity index (χ1v) is 6.14. The van der Waals surface area contributed by atoms with Gasteiger partial charge >= 0.3 is 0 Å². The highest BCUT2D eigenvalue weighted by Crippen LogP contribution is 2.25. The Kier molecular flexibility index (Phi) is 3.79. The van der Waals surface area contributed by atoms with E-state index in [2.05, 4.69) is 10.3 Å². The summed E-state index contributed by atoms with van der Waals surface area (Å²) in [6.45, 7) is 1.99. The number of anilines is 2. The van der Waals surface area contributed by atoms with Crippen molar-refractivity contribution in [2.75, 3.05) is 5.32 Å². The molecule has 1 aromatic heterocycles. The molecule has 0 spiro atoms. The number of aryl methyl sites for hydroxylation is 1. The predicted octanol–water partition coefficient (Wildman–Crippen LogP) is 3.42. The Morgan fingerprint density at radius 3 is 2.78 bits per heavy atom. The van der Waals surface area contributed by atoms with Crippen LogP contribution in [0.3, 0.4) is 0 Å². The Hall–Kier alpha value is -1.65. The van der Waals surface area contributed by atoms with Gasteiger partial charge in [-0.05, 0) is 36.8 Å². The minimum atomic E-state index is 0.343. The minimum Gasteiger partial charge on any atom is -0.389 e. The van der Waals surface area contributed by atoms with Gasteiger partial charge in [0.25, 0.3) is 0 Å². The van der Waals surface area contributed by atoms with Gasteiger partial charge in [-0.25, -0.2) is 4.98 Å². The third-order valence-corrected chi connectivity index (χ3v) is 2.98. The number of benzene rings is 1. The number of nitrogens with one attached hydrogen (secondary N) is 1. The summed E-state index contributed by atoms with van der Waals surface area (Å²) in [7, 11) is 0. The number of thiocarbonyl (C=S) groups is 1. The molecule has 3 nitrogen and oxygen atoms in total. The topological polar surface area (TPSA) is 50.9 Å². The highest BCUT2D eigenvalue weighted by Gasteiger charge is 2.03. The van der Waals surface area contributed by atoms with Gasteiger partial charge in [-0.1, -0.05) is 29.9 Å². The fourth-order valence-corrected chi connectivity index (χ4v) is 1.92. The predicted molar refractivity (Wildman–Crippen MR) is 79.6 cm³/mol. The zero-order valence-electron chi connectivity index (χ0n) is 9.77. The van der Waals surface area contributed by atoms with E-state index in [1.165, 1.54) is 0 Å². The Morgan fingerprint density at radius 1 is 1.33 bits per heavy atom. The largest absolute Gasteiger partial charge is 0.389 e. The lowest BCUT2D eigenvalue weighted by Crippen LogP contribution is -2.09. The summed E-state index contributed by atoms with van der Waals surface area (Å²) in [6, 6.07) is 9.34. The lowest BCUT2D eigenvalue weighted by molar-refractivity contribution is 1.30. The van der Waals surface area contributed by atoms with E-state index in [1.54, 1.807) is 18.3 Å². The van der Waals surface area contributed by atoms with Gasteiger partial charge < -0.3 is 11.1 Å². The molecule has 0 saturated carbocycles. The van der Waals surface area contributed by atoms with Crippen LogP contribution in [0.25, 0.3) is 0 Å². The van der Waals surface area contributed by atoms with Crippen LogP contribution in [0.4, 0.5) is 11.5 Å². The number of hydrogen-bond donors (Lipinski definition) is 2. The van der Waals surface area contributed by atoms with E-state index in [1.807, 2.05) is 25.1 Å². The molecule has 0 aliphatic heterocycles. The number of aromatic nitrogens is 1. The molecule has 1 heterocycles. The van der Waals surface area contributed by atoms with E-state index in [0.717, 1.165) is 16.8 Å². The van der Waals surface area contributed by atoms with E-state index < -0.39 is 0 Å². The van der Waals surface area contributed by atoms with Crippen molar-refractivity contribution >= 4 is 40.3 Å². The molecule has 2 aromatic rings. The zero-order valence-corrected chi connectivity index (χ0v) is 11.3. The fourth-order valence-electron chi connectivity index (χ4n) is 1.51. The number of nitrogens with zero attached hydrogens (tertiary/aromatic N) is 1. The molecule has 92 valence electrons. The lowest BCUT2D eigenvalue weighted by Gasteiger charge is -2.09. The molecular formula is C13H12ClN3S. The molecule has 0 atom stereocenters. The molecule has 5 heteroatoms. The van der Waals surface area contributed by atoms with Crippen LogP contribution in [0, 0.1) is 6.92 Å². The molecule has 0 aliphatic rings. The molecule has 0 bridgehead atoms. The Bertz CT molecular complexity index is 599. The van der Waals surface area contributed by atoms with Crippen LogP contribution in [0.1, 0.15) is 11.1 Å². The van der Waals surface area contributed by atoms with Crippen LogP contribution >= 0.6 is 23.8 Å². The maximum Gasteiger partial charge on any atom is 0.131 e. The van der Waals surface area contributed by atoms with Crippen molar-refractivity contribution in [2.45, 2.75) is 6.92 Å². The van der Waals surface area contributed by atoms with Crippen molar-refractivity contribution in [3.8, 4) is 0 Å². The summed E-state index contributed by atoms with van der Waals surface area (Å²) < 4.78 is 0. The van der Waals surface area contributed by atoms with Crippen LogP contribution in [0.15, 0.2) is 36.5 Å². The van der Waals surface area contributed by atoms with Gasteiger partial charge in [0.2, 0.25) is 0 Å². The standard InChI is InChI=1S/C13H12ClN3S/c1-8-2-3-11(10(14)6-8)17-12-7-9(13(15)18)4-5-16-12/h2-7H,1H3,(H2,15,18)(H,16,17). The average Bonchev–Trinajstić information content (AvgIpc) is 2.33. The van der Waals surface area contributed by atoms with Crippen LogP contribution in [0.2, 0.25) is 5.02 Å². The number of pyridine rings is 1. The first-order chi connectivity index (χ1) is 8.56. The van der Waals surface area contributed by atoms with Crippen LogP contribution in [-0.2, 0) is 0 Å². The highest BCUT2D eigenvalue weighted by molar-refractivity contribution is 7.80. The smallest absolute Gasteiger partial charge is 0.131 e. The first-order valence-electron chi connectivity index (χ1n) is 5.35. The summed E-state index contributed by atoms with van der Waals surface area (Å²) in [5, 5.41) is 3.79. The van der Waals surface area contributed by atoms with Crippen LogP contribution in [0.5, 0.6) is 0 Å². The summed E-state index contributed by atoms with van der Waals surface area (Å²) in [5.41, 5.74) is 8.25. The second-order valence-corrected chi connectivity index (χ2v) is 4.75. The van der Waals surface area contributed by atoms with E-state index in [-0.39, 0.29) is 0 Å². The van der Waals surface area contributed by atoms with Gasteiger partial charge in [-0.2, -0.15) is 0 Å². The summed E-state index contributed by atoms with van der Waals surface area (Å²) in [6.07, 6.45) is 1.65. The van der Waals surface area contributed by atoms with Gasteiger partial charge in [-0.15, -0.1) is 0 Å². The van der Waals surface area contributed by atoms with Crippen molar-refractivity contribution < 1.29 is 0 Å². The highest BCUT2D eigenvalue weighted by atomic mass is 35.5. The quantitative estimate of drug-likeness (QED) is 0.844. The maximum atomic E-state index is 6.14. The Labute approximate surface area is 116 Å².